The normalized spacial score (nSPS) is 11.4. The highest BCUT2D eigenvalue weighted by Gasteiger charge is 2.18. The van der Waals surface area contributed by atoms with E-state index in [0.29, 0.717) is 10.8 Å². The molecule has 2 rings (SSSR count). The summed E-state index contributed by atoms with van der Waals surface area (Å²) in [5.74, 6) is 0.920. The lowest BCUT2D eigenvalue weighted by atomic mass is 10.2. The van der Waals surface area contributed by atoms with E-state index < -0.39 is 0 Å². The topological polar surface area (TPSA) is 46.5 Å². The van der Waals surface area contributed by atoms with E-state index in [9.17, 15) is 0 Å². The molecular formula is C12H18N4S2. The Morgan fingerprint density at radius 2 is 2.17 bits per heavy atom. The summed E-state index contributed by atoms with van der Waals surface area (Å²) in [5.41, 5.74) is 1.14. The molecule has 2 aromatic heterocycles. The van der Waals surface area contributed by atoms with Gasteiger partial charge in [-0.05, 0) is 39.4 Å². The fourth-order valence-electron chi connectivity index (χ4n) is 2.00. The van der Waals surface area contributed by atoms with E-state index in [0.717, 1.165) is 34.2 Å². The monoisotopic (exact) mass is 282 g/mol. The van der Waals surface area contributed by atoms with Crippen LogP contribution in [0, 0.1) is 11.7 Å². The standard InChI is InChI=1S/C12H18N4S2/c1-5-6-9-10(18-8(4)13-9)11-14-15-12(17)16(11)7(2)3/h7H,5-6H2,1-4H3,(H,15,17). The summed E-state index contributed by atoms with van der Waals surface area (Å²) in [6, 6.07) is 0.295. The van der Waals surface area contributed by atoms with E-state index in [4.69, 9.17) is 12.2 Å². The first-order chi connectivity index (χ1) is 8.54. The largest absolute Gasteiger partial charge is 0.297 e. The summed E-state index contributed by atoms with van der Waals surface area (Å²) in [4.78, 5) is 5.75. The molecule has 1 N–H and O–H groups in total. The molecule has 0 fully saturated rings. The van der Waals surface area contributed by atoms with Gasteiger partial charge < -0.3 is 0 Å². The lowest BCUT2D eigenvalue weighted by Crippen LogP contribution is -2.03. The number of nitrogens with one attached hydrogen (secondary N) is 1. The quantitative estimate of drug-likeness (QED) is 0.865. The first kappa shape index (κ1) is 13.4. The Morgan fingerprint density at radius 1 is 1.44 bits per heavy atom. The third kappa shape index (κ3) is 2.40. The molecule has 2 aromatic rings. The van der Waals surface area contributed by atoms with Crippen LogP contribution in [0.3, 0.4) is 0 Å². The molecule has 0 radical (unpaired) electrons. The van der Waals surface area contributed by atoms with Gasteiger partial charge in [0.05, 0.1) is 15.6 Å². The molecule has 0 saturated carbocycles. The van der Waals surface area contributed by atoms with E-state index in [-0.39, 0.29) is 0 Å². The van der Waals surface area contributed by atoms with Crippen molar-refractivity contribution in [3.63, 3.8) is 0 Å². The molecule has 18 heavy (non-hydrogen) atoms. The maximum Gasteiger partial charge on any atom is 0.195 e. The molecule has 4 nitrogen and oxygen atoms in total. The number of thiazole rings is 1. The summed E-state index contributed by atoms with van der Waals surface area (Å²) < 4.78 is 2.73. The zero-order valence-electron chi connectivity index (χ0n) is 11.1. The number of hydrogen-bond donors (Lipinski definition) is 1. The number of nitrogens with zero attached hydrogens (tertiary/aromatic N) is 3. The van der Waals surface area contributed by atoms with Crippen molar-refractivity contribution in [1.82, 2.24) is 19.7 Å². The van der Waals surface area contributed by atoms with Crippen molar-refractivity contribution in [2.45, 2.75) is 46.6 Å². The van der Waals surface area contributed by atoms with Crippen LogP contribution in [-0.2, 0) is 6.42 Å². The van der Waals surface area contributed by atoms with E-state index in [1.165, 1.54) is 0 Å². The van der Waals surface area contributed by atoms with Crippen molar-refractivity contribution in [2.75, 3.05) is 0 Å². The number of aromatic nitrogens is 4. The summed E-state index contributed by atoms with van der Waals surface area (Å²) in [7, 11) is 0. The second-order valence-corrected chi connectivity index (χ2v) is 6.16. The van der Waals surface area contributed by atoms with Gasteiger partial charge in [0.2, 0.25) is 0 Å². The van der Waals surface area contributed by atoms with Gasteiger partial charge in [0.1, 0.15) is 0 Å². The Balaban J connectivity index is 2.58. The molecule has 0 aliphatic carbocycles. The smallest absolute Gasteiger partial charge is 0.195 e. The predicted molar refractivity (Wildman–Crippen MR) is 77.6 cm³/mol. The molecule has 0 aliphatic heterocycles. The van der Waals surface area contributed by atoms with Crippen LogP contribution in [0.4, 0.5) is 0 Å². The highest BCUT2D eigenvalue weighted by molar-refractivity contribution is 7.71. The zero-order valence-corrected chi connectivity index (χ0v) is 12.8. The first-order valence-electron chi connectivity index (χ1n) is 6.18. The van der Waals surface area contributed by atoms with Crippen molar-refractivity contribution < 1.29 is 0 Å². The third-order valence-electron chi connectivity index (χ3n) is 2.72. The molecule has 0 bridgehead atoms. The molecule has 0 saturated heterocycles. The number of H-pyrrole nitrogens is 1. The van der Waals surface area contributed by atoms with Gasteiger partial charge in [-0.25, -0.2) is 4.98 Å². The van der Waals surface area contributed by atoms with Crippen molar-refractivity contribution >= 4 is 23.6 Å². The molecule has 0 amide bonds. The van der Waals surface area contributed by atoms with Gasteiger partial charge in [-0.1, -0.05) is 13.3 Å². The van der Waals surface area contributed by atoms with Crippen LogP contribution in [0.2, 0.25) is 0 Å². The second-order valence-electron chi connectivity index (χ2n) is 4.57. The minimum absolute atomic E-state index is 0.295. The Labute approximate surface area is 116 Å². The van der Waals surface area contributed by atoms with Gasteiger partial charge >= 0.3 is 0 Å². The molecular weight excluding hydrogens is 264 g/mol. The van der Waals surface area contributed by atoms with E-state index in [1.54, 1.807) is 11.3 Å². The number of hydrogen-bond acceptors (Lipinski definition) is 4. The van der Waals surface area contributed by atoms with Crippen LogP contribution in [0.1, 0.15) is 43.9 Å². The van der Waals surface area contributed by atoms with Gasteiger partial charge in [-0.2, -0.15) is 5.10 Å². The lowest BCUT2D eigenvalue weighted by Gasteiger charge is -2.09. The maximum atomic E-state index is 5.29. The average Bonchev–Trinajstić information content (AvgIpc) is 2.82. The van der Waals surface area contributed by atoms with Gasteiger partial charge in [0.15, 0.2) is 10.6 Å². The third-order valence-corrected chi connectivity index (χ3v) is 4.01. The summed E-state index contributed by atoms with van der Waals surface area (Å²) in [5, 5.41) is 8.35. The highest BCUT2D eigenvalue weighted by atomic mass is 32.1. The summed E-state index contributed by atoms with van der Waals surface area (Å²) in [6.45, 7) is 8.43. The molecule has 2 heterocycles. The van der Waals surface area contributed by atoms with E-state index in [2.05, 4.69) is 40.5 Å². The minimum atomic E-state index is 0.295. The summed E-state index contributed by atoms with van der Waals surface area (Å²) >= 11 is 6.98. The van der Waals surface area contributed by atoms with Gasteiger partial charge in [0, 0.05) is 6.04 Å². The van der Waals surface area contributed by atoms with Crippen LogP contribution in [0.25, 0.3) is 10.7 Å². The lowest BCUT2D eigenvalue weighted by molar-refractivity contribution is 0.597. The molecule has 0 spiro atoms. The second kappa shape index (κ2) is 5.32. The summed E-state index contributed by atoms with van der Waals surface area (Å²) in [6.07, 6.45) is 2.07. The van der Waals surface area contributed by atoms with Crippen LogP contribution < -0.4 is 0 Å². The minimum Gasteiger partial charge on any atom is -0.297 e. The van der Waals surface area contributed by atoms with Gasteiger partial charge in [-0.15, -0.1) is 11.3 Å². The van der Waals surface area contributed by atoms with Gasteiger partial charge in [0.25, 0.3) is 0 Å². The van der Waals surface area contributed by atoms with Gasteiger partial charge in [-0.3, -0.25) is 9.67 Å². The van der Waals surface area contributed by atoms with E-state index >= 15 is 0 Å². The average molecular weight is 282 g/mol. The molecule has 0 aliphatic rings. The van der Waals surface area contributed by atoms with Crippen molar-refractivity contribution in [2.24, 2.45) is 0 Å². The molecule has 0 aromatic carbocycles. The Kier molecular flexibility index (Phi) is 3.97. The Morgan fingerprint density at radius 3 is 2.78 bits per heavy atom. The fourth-order valence-corrected chi connectivity index (χ4v) is 3.29. The Bertz CT molecular complexity index is 591. The highest BCUT2D eigenvalue weighted by Crippen LogP contribution is 2.31. The molecule has 0 unspecified atom stereocenters. The van der Waals surface area contributed by atoms with Crippen LogP contribution in [0.15, 0.2) is 0 Å². The SMILES string of the molecule is CCCc1nc(C)sc1-c1n[nH]c(=S)n1C(C)C. The van der Waals surface area contributed by atoms with Crippen molar-refractivity contribution in [3.05, 3.63) is 15.5 Å². The molecule has 98 valence electrons. The van der Waals surface area contributed by atoms with Crippen molar-refractivity contribution in [3.8, 4) is 10.7 Å². The maximum absolute atomic E-state index is 5.29. The van der Waals surface area contributed by atoms with Crippen LogP contribution >= 0.6 is 23.6 Å². The predicted octanol–water partition coefficient (Wildman–Crippen LogP) is 3.91. The van der Waals surface area contributed by atoms with Crippen molar-refractivity contribution in [1.29, 1.82) is 0 Å². The molecule has 6 heteroatoms. The first-order valence-corrected chi connectivity index (χ1v) is 7.40. The van der Waals surface area contributed by atoms with Crippen LogP contribution in [-0.4, -0.2) is 19.7 Å². The number of rotatable bonds is 4. The van der Waals surface area contributed by atoms with Crippen LogP contribution in [0.5, 0.6) is 0 Å². The zero-order chi connectivity index (χ0) is 13.3. The fraction of sp³-hybridized carbons (Fsp3) is 0.583. The number of aromatic amines is 1. The Hall–Kier alpha value is -1.01. The molecule has 0 atom stereocenters. The number of aryl methyl sites for hydroxylation is 2. The van der Waals surface area contributed by atoms with E-state index in [1.807, 2.05) is 6.92 Å².